The van der Waals surface area contributed by atoms with Crippen molar-refractivity contribution in [3.8, 4) is 0 Å². The number of carbonyl (C=O) groups is 1. The Morgan fingerprint density at radius 1 is 0.935 bits per heavy atom. The lowest BCUT2D eigenvalue weighted by molar-refractivity contribution is 0.262. The zero-order chi connectivity index (χ0) is 22.0. The van der Waals surface area contributed by atoms with Gasteiger partial charge in [-0.1, -0.05) is 40.6 Å². The molecule has 1 heterocycles. The molecule has 0 aliphatic heterocycles. The van der Waals surface area contributed by atoms with Gasteiger partial charge in [0.1, 0.15) is 0 Å². The van der Waals surface area contributed by atoms with Crippen LogP contribution in [-0.2, 0) is 10.0 Å². The summed E-state index contributed by atoms with van der Waals surface area (Å²) in [5.41, 5.74) is 2.75. The summed E-state index contributed by atoms with van der Waals surface area (Å²) >= 11 is 7.02. The molecule has 0 radical (unpaired) electrons. The second-order valence-electron chi connectivity index (χ2n) is 6.71. The molecule has 158 valence electrons. The van der Waals surface area contributed by atoms with E-state index in [-0.39, 0.29) is 10.0 Å². The summed E-state index contributed by atoms with van der Waals surface area (Å²) in [6.45, 7) is 1.89. The van der Waals surface area contributed by atoms with Crippen LogP contribution in [0.15, 0.2) is 71.6 Å². The van der Waals surface area contributed by atoms with Gasteiger partial charge in [0.25, 0.3) is 10.0 Å². The number of nitrogens with zero attached hydrogens (tertiary/aromatic N) is 1. The number of halogens is 1. The molecular weight excluding hydrogens is 456 g/mol. The number of rotatable bonds is 5. The highest BCUT2D eigenvalue weighted by molar-refractivity contribution is 7.93. The van der Waals surface area contributed by atoms with Gasteiger partial charge in [-0.15, -0.1) is 0 Å². The third-order valence-electron chi connectivity index (χ3n) is 4.30. The second-order valence-corrected chi connectivity index (χ2v) is 9.86. The van der Waals surface area contributed by atoms with E-state index in [9.17, 15) is 13.2 Å². The summed E-state index contributed by atoms with van der Waals surface area (Å²) in [6.07, 6.45) is 0. The molecule has 3 N–H and O–H groups in total. The van der Waals surface area contributed by atoms with Crippen LogP contribution < -0.4 is 15.4 Å². The summed E-state index contributed by atoms with van der Waals surface area (Å²) in [5, 5.41) is 6.28. The number of anilines is 3. The predicted octanol–water partition coefficient (Wildman–Crippen LogP) is 5.70. The Morgan fingerprint density at radius 3 is 2.29 bits per heavy atom. The van der Waals surface area contributed by atoms with Crippen LogP contribution in [0.25, 0.3) is 10.2 Å². The van der Waals surface area contributed by atoms with Gasteiger partial charge in [-0.3, -0.25) is 4.72 Å². The molecule has 4 rings (SSSR count). The van der Waals surface area contributed by atoms with Crippen molar-refractivity contribution in [2.24, 2.45) is 0 Å². The number of urea groups is 1. The SMILES string of the molecule is Cc1ccc(S(=O)(=O)Nc2nc3ccc(NC(=O)Nc4ccc(Cl)cc4)cc3s2)cc1. The minimum absolute atomic E-state index is 0.165. The fourth-order valence-electron chi connectivity index (χ4n) is 2.76. The first kappa shape index (κ1) is 21.1. The number of carbonyl (C=O) groups excluding carboxylic acids is 1. The van der Waals surface area contributed by atoms with Crippen LogP contribution in [0.3, 0.4) is 0 Å². The van der Waals surface area contributed by atoms with Gasteiger partial charge in [0.2, 0.25) is 0 Å². The average Bonchev–Trinajstić information content (AvgIpc) is 3.10. The minimum Gasteiger partial charge on any atom is -0.308 e. The Balaban J connectivity index is 1.48. The number of benzene rings is 3. The molecule has 0 aliphatic rings. The molecule has 0 bridgehead atoms. The molecule has 0 aliphatic carbocycles. The lowest BCUT2D eigenvalue weighted by Gasteiger charge is -2.07. The Hall–Kier alpha value is -3.14. The van der Waals surface area contributed by atoms with Crippen molar-refractivity contribution < 1.29 is 13.2 Å². The average molecular weight is 473 g/mol. The smallest absolute Gasteiger partial charge is 0.308 e. The van der Waals surface area contributed by atoms with E-state index in [1.807, 2.05) is 6.92 Å². The van der Waals surface area contributed by atoms with Gasteiger partial charge in [0.05, 0.1) is 15.1 Å². The normalized spacial score (nSPS) is 11.3. The first-order chi connectivity index (χ1) is 14.8. The molecule has 3 aromatic carbocycles. The second kappa shape index (κ2) is 8.54. The molecular formula is C21H17ClN4O3S2. The highest BCUT2D eigenvalue weighted by Crippen LogP contribution is 2.30. The number of aryl methyl sites for hydroxylation is 1. The van der Waals surface area contributed by atoms with Gasteiger partial charge in [-0.2, -0.15) is 0 Å². The molecule has 1 aromatic heterocycles. The lowest BCUT2D eigenvalue weighted by atomic mass is 10.2. The van der Waals surface area contributed by atoms with Crippen molar-refractivity contribution in [2.75, 3.05) is 15.4 Å². The van der Waals surface area contributed by atoms with Crippen molar-refractivity contribution in [3.05, 3.63) is 77.3 Å². The van der Waals surface area contributed by atoms with Crippen LogP contribution in [-0.4, -0.2) is 19.4 Å². The fraction of sp³-hybridized carbons (Fsp3) is 0.0476. The Labute approximate surface area is 188 Å². The molecule has 10 heteroatoms. The molecule has 0 spiro atoms. The molecule has 0 saturated heterocycles. The minimum atomic E-state index is -3.74. The number of nitrogens with one attached hydrogen (secondary N) is 3. The molecule has 2 amide bonds. The van der Waals surface area contributed by atoms with Gasteiger partial charge < -0.3 is 10.6 Å². The van der Waals surface area contributed by atoms with Crippen molar-refractivity contribution >= 4 is 65.7 Å². The standard InChI is InChI=1S/C21H17ClN4O3S2/c1-13-2-9-17(10-3-13)31(28,29)26-21-25-18-11-8-16(12-19(18)30-21)24-20(27)23-15-6-4-14(22)5-7-15/h2-12H,1H3,(H,25,26)(H2,23,24,27). The van der Waals surface area contributed by atoms with Gasteiger partial charge in [-0.05, 0) is 61.5 Å². The molecule has 0 atom stereocenters. The van der Waals surface area contributed by atoms with Crippen LogP contribution in [0.4, 0.5) is 21.3 Å². The maximum Gasteiger partial charge on any atom is 0.323 e. The first-order valence-corrected chi connectivity index (χ1v) is 11.8. The van der Waals surface area contributed by atoms with Gasteiger partial charge in [0.15, 0.2) is 5.13 Å². The number of fused-ring (bicyclic) bond motifs is 1. The summed E-state index contributed by atoms with van der Waals surface area (Å²) in [7, 11) is -3.74. The molecule has 0 saturated carbocycles. The van der Waals surface area contributed by atoms with Crippen LogP contribution in [0, 0.1) is 6.92 Å². The Kier molecular flexibility index (Phi) is 5.81. The summed E-state index contributed by atoms with van der Waals surface area (Å²) in [4.78, 5) is 16.7. The fourth-order valence-corrected chi connectivity index (χ4v) is 5.03. The molecule has 7 nitrogen and oxygen atoms in total. The van der Waals surface area contributed by atoms with Crippen LogP contribution in [0.1, 0.15) is 5.56 Å². The number of sulfonamides is 1. The van der Waals surface area contributed by atoms with Crippen LogP contribution >= 0.6 is 22.9 Å². The Bertz CT molecular complexity index is 1350. The topological polar surface area (TPSA) is 100 Å². The van der Waals surface area contributed by atoms with E-state index < -0.39 is 16.1 Å². The predicted molar refractivity (Wildman–Crippen MR) is 126 cm³/mol. The lowest BCUT2D eigenvalue weighted by Crippen LogP contribution is -2.19. The monoisotopic (exact) mass is 472 g/mol. The van der Waals surface area contributed by atoms with Crippen LogP contribution in [0.5, 0.6) is 0 Å². The van der Waals surface area contributed by atoms with Gasteiger partial charge in [-0.25, -0.2) is 18.2 Å². The van der Waals surface area contributed by atoms with E-state index in [0.29, 0.717) is 21.9 Å². The van der Waals surface area contributed by atoms with Gasteiger partial charge in [0, 0.05) is 16.4 Å². The van der Waals surface area contributed by atoms with Crippen LogP contribution in [0.2, 0.25) is 5.02 Å². The number of hydrogen-bond donors (Lipinski definition) is 3. The highest BCUT2D eigenvalue weighted by Gasteiger charge is 2.16. The van der Waals surface area contributed by atoms with Crippen molar-refractivity contribution in [3.63, 3.8) is 0 Å². The van der Waals surface area contributed by atoms with E-state index in [4.69, 9.17) is 11.6 Å². The third kappa shape index (κ3) is 5.13. The Morgan fingerprint density at radius 2 is 1.58 bits per heavy atom. The molecule has 31 heavy (non-hydrogen) atoms. The van der Waals surface area contributed by atoms with E-state index in [2.05, 4.69) is 20.3 Å². The number of hydrogen-bond acceptors (Lipinski definition) is 5. The number of thiazole rings is 1. The zero-order valence-electron chi connectivity index (χ0n) is 16.2. The molecule has 0 fully saturated rings. The third-order valence-corrected chi connectivity index (χ3v) is 6.97. The van der Waals surface area contributed by atoms with E-state index in [0.717, 1.165) is 10.3 Å². The number of amides is 2. The number of aromatic nitrogens is 1. The van der Waals surface area contributed by atoms with E-state index >= 15 is 0 Å². The summed E-state index contributed by atoms with van der Waals surface area (Å²) < 4.78 is 28.4. The first-order valence-electron chi connectivity index (χ1n) is 9.12. The summed E-state index contributed by atoms with van der Waals surface area (Å²) in [6, 6.07) is 18.1. The largest absolute Gasteiger partial charge is 0.323 e. The zero-order valence-corrected chi connectivity index (χ0v) is 18.6. The van der Waals surface area contributed by atoms with Crippen molar-refractivity contribution in [1.29, 1.82) is 0 Å². The van der Waals surface area contributed by atoms with E-state index in [1.165, 1.54) is 11.3 Å². The maximum atomic E-state index is 12.6. The van der Waals surface area contributed by atoms with Crippen molar-refractivity contribution in [2.45, 2.75) is 11.8 Å². The maximum absolute atomic E-state index is 12.6. The quantitative estimate of drug-likeness (QED) is 0.346. The van der Waals surface area contributed by atoms with Crippen molar-refractivity contribution in [1.82, 2.24) is 4.98 Å². The summed E-state index contributed by atoms with van der Waals surface area (Å²) in [5.74, 6) is 0. The van der Waals surface area contributed by atoms with E-state index in [1.54, 1.807) is 66.7 Å². The van der Waals surface area contributed by atoms with Gasteiger partial charge >= 0.3 is 6.03 Å². The molecule has 0 unspecified atom stereocenters. The highest BCUT2D eigenvalue weighted by atomic mass is 35.5. The molecule has 4 aromatic rings.